The first kappa shape index (κ1) is 23.0. The highest BCUT2D eigenvalue weighted by atomic mass is 35.5. The third-order valence-electron chi connectivity index (χ3n) is 5.53. The molecule has 0 spiro atoms. The lowest BCUT2D eigenvalue weighted by Crippen LogP contribution is -2.09. The van der Waals surface area contributed by atoms with Crippen LogP contribution in [0.25, 0.3) is 27.7 Å². The van der Waals surface area contributed by atoms with Crippen LogP contribution in [0, 0.1) is 13.8 Å². The molecule has 1 N–H and O–H groups in total. The average molecular weight is 480 g/mol. The van der Waals surface area contributed by atoms with Crippen LogP contribution in [0.4, 0.5) is 5.69 Å². The van der Waals surface area contributed by atoms with Crippen molar-refractivity contribution in [1.82, 2.24) is 0 Å². The Balaban J connectivity index is 1.73. The van der Waals surface area contributed by atoms with Crippen molar-refractivity contribution in [2.75, 3.05) is 12.4 Å². The fourth-order valence-electron chi connectivity index (χ4n) is 3.89. The SMILES string of the molecule is COc1cc2occ(-c3ccc(C)cc3C)c2cc1/C(C)=C/C(=O)Nc1ccc(Cl)cc1Cl. The van der Waals surface area contributed by atoms with E-state index in [9.17, 15) is 4.79 Å². The Morgan fingerprint density at radius 1 is 1.03 bits per heavy atom. The molecule has 33 heavy (non-hydrogen) atoms. The van der Waals surface area contributed by atoms with Crippen LogP contribution >= 0.6 is 23.2 Å². The van der Waals surface area contributed by atoms with Gasteiger partial charge in [-0.15, -0.1) is 0 Å². The minimum Gasteiger partial charge on any atom is -0.496 e. The molecule has 0 fully saturated rings. The molecule has 3 aromatic carbocycles. The van der Waals surface area contributed by atoms with E-state index in [-0.39, 0.29) is 5.91 Å². The van der Waals surface area contributed by atoms with E-state index >= 15 is 0 Å². The van der Waals surface area contributed by atoms with Crippen LogP contribution in [0.3, 0.4) is 0 Å². The van der Waals surface area contributed by atoms with Crippen molar-refractivity contribution in [3.8, 4) is 16.9 Å². The summed E-state index contributed by atoms with van der Waals surface area (Å²) in [7, 11) is 1.60. The molecule has 6 heteroatoms. The fourth-order valence-corrected chi connectivity index (χ4v) is 4.35. The molecule has 0 aliphatic rings. The molecule has 1 amide bonds. The summed E-state index contributed by atoms with van der Waals surface area (Å²) in [6.45, 7) is 6.02. The molecule has 1 aromatic heterocycles. The van der Waals surface area contributed by atoms with Gasteiger partial charge in [-0.1, -0.05) is 47.0 Å². The number of hydrogen-bond donors (Lipinski definition) is 1. The second-order valence-electron chi connectivity index (χ2n) is 7.96. The lowest BCUT2D eigenvalue weighted by atomic mass is 9.96. The second-order valence-corrected chi connectivity index (χ2v) is 8.80. The highest BCUT2D eigenvalue weighted by Gasteiger charge is 2.16. The number of allylic oxidation sites excluding steroid dienone is 1. The molecule has 0 radical (unpaired) electrons. The zero-order valence-corrected chi connectivity index (χ0v) is 20.3. The number of benzene rings is 3. The van der Waals surface area contributed by atoms with Gasteiger partial charge in [0.15, 0.2) is 0 Å². The third-order valence-corrected chi connectivity index (χ3v) is 6.08. The first-order valence-electron chi connectivity index (χ1n) is 10.4. The Kier molecular flexibility index (Phi) is 6.50. The van der Waals surface area contributed by atoms with E-state index < -0.39 is 0 Å². The van der Waals surface area contributed by atoms with Gasteiger partial charge in [-0.2, -0.15) is 0 Å². The molecule has 4 aromatic rings. The summed E-state index contributed by atoms with van der Waals surface area (Å²) < 4.78 is 11.4. The highest BCUT2D eigenvalue weighted by Crippen LogP contribution is 2.38. The summed E-state index contributed by atoms with van der Waals surface area (Å²) in [6, 6.07) is 15.1. The van der Waals surface area contributed by atoms with E-state index in [2.05, 4.69) is 37.4 Å². The summed E-state index contributed by atoms with van der Waals surface area (Å²) in [5, 5.41) is 4.62. The van der Waals surface area contributed by atoms with Crippen molar-refractivity contribution < 1.29 is 13.9 Å². The molecular formula is C27H23Cl2NO3. The van der Waals surface area contributed by atoms with Gasteiger partial charge in [0.05, 0.1) is 24.1 Å². The topological polar surface area (TPSA) is 51.5 Å². The van der Waals surface area contributed by atoms with Crippen molar-refractivity contribution in [2.45, 2.75) is 20.8 Å². The molecule has 1 heterocycles. The second kappa shape index (κ2) is 9.34. The number of rotatable bonds is 5. The van der Waals surface area contributed by atoms with E-state index in [4.69, 9.17) is 32.4 Å². The minimum absolute atomic E-state index is 0.305. The molecule has 0 aliphatic heterocycles. The predicted octanol–water partition coefficient (Wildman–Crippen LogP) is 8.07. The molecule has 168 valence electrons. The van der Waals surface area contributed by atoms with Gasteiger partial charge in [0.2, 0.25) is 5.91 Å². The third kappa shape index (κ3) is 4.77. The smallest absolute Gasteiger partial charge is 0.248 e. The first-order valence-corrected chi connectivity index (χ1v) is 11.1. The average Bonchev–Trinajstić information content (AvgIpc) is 3.17. The van der Waals surface area contributed by atoms with E-state index in [1.807, 2.05) is 19.1 Å². The van der Waals surface area contributed by atoms with Crippen molar-refractivity contribution in [3.05, 3.63) is 87.6 Å². The summed E-state index contributed by atoms with van der Waals surface area (Å²) in [6.07, 6.45) is 3.28. The van der Waals surface area contributed by atoms with Crippen LogP contribution in [-0.4, -0.2) is 13.0 Å². The van der Waals surface area contributed by atoms with Gasteiger partial charge >= 0.3 is 0 Å². The maximum atomic E-state index is 12.7. The Morgan fingerprint density at radius 2 is 1.82 bits per heavy atom. The number of aryl methyl sites for hydroxylation is 2. The maximum absolute atomic E-state index is 12.7. The first-order chi connectivity index (χ1) is 15.8. The fraction of sp³-hybridized carbons (Fsp3) is 0.148. The Labute approximate surface area is 202 Å². The standard InChI is InChI=1S/C27H23Cl2NO3/c1-15-5-7-19(16(2)9-15)22-14-33-26-13-25(32-4)20(12-21(22)26)17(3)10-27(31)30-24-8-6-18(28)11-23(24)29/h5-14H,1-4H3,(H,30,31)/b17-10+. The van der Waals surface area contributed by atoms with Crippen molar-refractivity contribution in [1.29, 1.82) is 0 Å². The van der Waals surface area contributed by atoms with E-state index in [1.54, 1.807) is 31.6 Å². The quantitative estimate of drug-likeness (QED) is 0.294. The number of nitrogens with one attached hydrogen (secondary N) is 1. The number of carbonyl (C=O) groups excluding carboxylic acids is 1. The normalized spacial score (nSPS) is 11.6. The number of fused-ring (bicyclic) bond motifs is 1. The van der Waals surface area contributed by atoms with Crippen LogP contribution in [0.1, 0.15) is 23.6 Å². The molecule has 0 saturated heterocycles. The number of anilines is 1. The number of ether oxygens (including phenoxy) is 1. The molecule has 4 nitrogen and oxygen atoms in total. The number of amides is 1. The summed E-state index contributed by atoms with van der Waals surface area (Å²) >= 11 is 12.1. The predicted molar refractivity (Wildman–Crippen MR) is 136 cm³/mol. The largest absolute Gasteiger partial charge is 0.496 e. The zero-order chi connectivity index (χ0) is 23.7. The summed E-state index contributed by atoms with van der Waals surface area (Å²) in [5.74, 6) is 0.316. The minimum atomic E-state index is -0.305. The number of hydrogen-bond acceptors (Lipinski definition) is 3. The van der Waals surface area contributed by atoms with Crippen LogP contribution < -0.4 is 10.1 Å². The zero-order valence-electron chi connectivity index (χ0n) is 18.8. The Hall–Kier alpha value is -3.21. The van der Waals surface area contributed by atoms with Gasteiger partial charge in [-0.05, 0) is 61.7 Å². The van der Waals surface area contributed by atoms with E-state index in [0.717, 1.165) is 33.2 Å². The van der Waals surface area contributed by atoms with E-state index in [0.29, 0.717) is 21.5 Å². The maximum Gasteiger partial charge on any atom is 0.248 e. The van der Waals surface area contributed by atoms with Gasteiger partial charge in [0.25, 0.3) is 0 Å². The van der Waals surface area contributed by atoms with Gasteiger partial charge in [0.1, 0.15) is 11.3 Å². The van der Waals surface area contributed by atoms with Crippen molar-refractivity contribution >= 4 is 51.3 Å². The van der Waals surface area contributed by atoms with Gasteiger partial charge in [0, 0.05) is 33.7 Å². The molecule has 0 unspecified atom stereocenters. The van der Waals surface area contributed by atoms with Crippen molar-refractivity contribution in [2.24, 2.45) is 0 Å². The molecule has 0 bridgehead atoms. The Morgan fingerprint density at radius 3 is 2.52 bits per heavy atom. The van der Waals surface area contributed by atoms with E-state index in [1.165, 1.54) is 17.2 Å². The van der Waals surface area contributed by atoms with Crippen LogP contribution in [0.5, 0.6) is 5.75 Å². The number of carbonyl (C=O) groups is 1. The number of methoxy groups -OCH3 is 1. The van der Waals surface area contributed by atoms with Crippen LogP contribution in [0.2, 0.25) is 10.0 Å². The molecule has 4 rings (SSSR count). The molecule has 0 aliphatic carbocycles. The van der Waals surface area contributed by atoms with Crippen LogP contribution in [0.15, 0.2) is 65.3 Å². The number of halogens is 2. The number of furan rings is 1. The highest BCUT2D eigenvalue weighted by molar-refractivity contribution is 6.36. The summed E-state index contributed by atoms with van der Waals surface area (Å²) in [5.41, 5.74) is 7.22. The Bertz CT molecular complexity index is 1400. The van der Waals surface area contributed by atoms with Gasteiger partial charge in [-0.3, -0.25) is 4.79 Å². The lowest BCUT2D eigenvalue weighted by Gasteiger charge is -2.11. The molecular weight excluding hydrogens is 457 g/mol. The lowest BCUT2D eigenvalue weighted by molar-refractivity contribution is -0.111. The monoisotopic (exact) mass is 479 g/mol. The van der Waals surface area contributed by atoms with Gasteiger partial charge < -0.3 is 14.5 Å². The van der Waals surface area contributed by atoms with Gasteiger partial charge in [-0.25, -0.2) is 0 Å². The molecule has 0 saturated carbocycles. The van der Waals surface area contributed by atoms with Crippen molar-refractivity contribution in [3.63, 3.8) is 0 Å². The van der Waals surface area contributed by atoms with Crippen LogP contribution in [-0.2, 0) is 4.79 Å². The molecule has 0 atom stereocenters. The summed E-state index contributed by atoms with van der Waals surface area (Å²) in [4.78, 5) is 12.7.